The summed E-state index contributed by atoms with van der Waals surface area (Å²) in [6, 6.07) is 8.23. The number of hydrogen-bond acceptors (Lipinski definition) is 5. The van der Waals surface area contributed by atoms with Gasteiger partial charge in [-0.3, -0.25) is 4.79 Å². The highest BCUT2D eigenvalue weighted by Crippen LogP contribution is 2.22. The normalized spacial score (nSPS) is 18.4. The fraction of sp³-hybridized carbons (Fsp3) is 0.591. The van der Waals surface area contributed by atoms with Gasteiger partial charge in [0.1, 0.15) is 24.7 Å². The number of allylic oxidation sites excluding steroid dienone is 1. The van der Waals surface area contributed by atoms with Crippen molar-refractivity contribution >= 4 is 5.91 Å². The number of nitrogens with zero attached hydrogens (tertiary/aromatic N) is 2. The van der Waals surface area contributed by atoms with E-state index in [2.05, 4.69) is 17.0 Å². The van der Waals surface area contributed by atoms with Crippen molar-refractivity contribution in [1.29, 1.82) is 0 Å². The van der Waals surface area contributed by atoms with Gasteiger partial charge in [-0.15, -0.1) is 0 Å². The van der Waals surface area contributed by atoms with Gasteiger partial charge in [0.2, 0.25) is 5.76 Å². The lowest BCUT2D eigenvalue weighted by molar-refractivity contribution is -0.132. The van der Waals surface area contributed by atoms with Gasteiger partial charge >= 0.3 is 0 Å². The van der Waals surface area contributed by atoms with Crippen molar-refractivity contribution in [3.63, 3.8) is 0 Å². The molecule has 0 aromatic heterocycles. The molecule has 1 aromatic carbocycles. The highest BCUT2D eigenvalue weighted by Gasteiger charge is 2.26. The number of ether oxygens (including phenoxy) is 3. The minimum atomic E-state index is -0.0733. The lowest BCUT2D eigenvalue weighted by atomic mass is 9.96. The number of likely N-dealkylation sites (tertiary alicyclic amines) is 1. The number of hydrogen-bond donors (Lipinski definition) is 0. The number of para-hydroxylation sites is 1. The number of amides is 1. The molecule has 0 spiro atoms. The molecule has 6 heteroatoms. The van der Waals surface area contributed by atoms with Crippen LogP contribution < -0.4 is 4.74 Å². The van der Waals surface area contributed by atoms with Crippen LogP contribution in [0.2, 0.25) is 0 Å². The summed E-state index contributed by atoms with van der Waals surface area (Å²) in [6.45, 7) is 6.70. The summed E-state index contributed by atoms with van der Waals surface area (Å²) in [5.41, 5.74) is 1.26. The summed E-state index contributed by atoms with van der Waals surface area (Å²) < 4.78 is 16.4. The van der Waals surface area contributed by atoms with Gasteiger partial charge in [-0.25, -0.2) is 0 Å². The maximum Gasteiger partial charge on any atom is 0.292 e. The lowest BCUT2D eigenvalue weighted by Gasteiger charge is -2.34. The number of carbonyl (C=O) groups is 1. The summed E-state index contributed by atoms with van der Waals surface area (Å²) in [6.07, 6.45) is 3.22. The highest BCUT2D eigenvalue weighted by molar-refractivity contribution is 5.91. The second-order valence-electron chi connectivity index (χ2n) is 7.61. The quantitative estimate of drug-likeness (QED) is 0.719. The largest absolute Gasteiger partial charge is 0.496 e. The summed E-state index contributed by atoms with van der Waals surface area (Å²) in [5, 5.41) is 0. The molecule has 2 aliphatic heterocycles. The van der Waals surface area contributed by atoms with Crippen LogP contribution in [-0.2, 0) is 20.7 Å². The first kappa shape index (κ1) is 20.5. The molecule has 3 rings (SSSR count). The van der Waals surface area contributed by atoms with Crippen molar-refractivity contribution in [2.24, 2.45) is 5.92 Å². The van der Waals surface area contributed by atoms with Gasteiger partial charge in [-0.2, -0.15) is 0 Å². The first-order chi connectivity index (χ1) is 13.6. The zero-order valence-electron chi connectivity index (χ0n) is 17.3. The number of methoxy groups -OCH3 is 1. The number of benzene rings is 1. The molecular weight excluding hydrogens is 356 g/mol. The first-order valence-electron chi connectivity index (χ1n) is 10.1. The smallest absolute Gasteiger partial charge is 0.292 e. The molecule has 0 saturated carbocycles. The third kappa shape index (κ3) is 5.19. The van der Waals surface area contributed by atoms with Crippen molar-refractivity contribution in [1.82, 2.24) is 9.80 Å². The monoisotopic (exact) mass is 388 g/mol. The van der Waals surface area contributed by atoms with Crippen molar-refractivity contribution in [3.8, 4) is 5.75 Å². The molecule has 0 aliphatic carbocycles. The third-order valence-corrected chi connectivity index (χ3v) is 5.64. The minimum absolute atomic E-state index is 0.0733. The Kier molecular flexibility index (Phi) is 7.20. The Bertz CT molecular complexity index is 696. The van der Waals surface area contributed by atoms with Crippen molar-refractivity contribution in [2.45, 2.75) is 26.2 Å². The van der Waals surface area contributed by atoms with Crippen LogP contribution in [0, 0.1) is 5.92 Å². The molecule has 0 unspecified atom stereocenters. The van der Waals surface area contributed by atoms with Crippen molar-refractivity contribution < 1.29 is 19.0 Å². The van der Waals surface area contributed by atoms with E-state index < -0.39 is 0 Å². The van der Waals surface area contributed by atoms with Gasteiger partial charge in [0.15, 0.2) is 0 Å². The Morgan fingerprint density at radius 2 is 1.93 bits per heavy atom. The third-order valence-electron chi connectivity index (χ3n) is 5.64. The predicted molar refractivity (Wildman–Crippen MR) is 108 cm³/mol. The van der Waals surface area contributed by atoms with Crippen LogP contribution in [0.15, 0.2) is 35.8 Å². The molecule has 154 valence electrons. The zero-order valence-corrected chi connectivity index (χ0v) is 17.3. The summed E-state index contributed by atoms with van der Waals surface area (Å²) in [4.78, 5) is 16.9. The molecule has 2 aliphatic rings. The highest BCUT2D eigenvalue weighted by atomic mass is 16.6. The number of piperidine rings is 1. The SMILES string of the molecule is COc1ccccc1CCN1CCC(CN(C)C(=O)C2=C(C)OCCO2)CC1. The molecule has 1 aromatic rings. The Morgan fingerprint density at radius 3 is 2.64 bits per heavy atom. The molecule has 0 radical (unpaired) electrons. The second-order valence-corrected chi connectivity index (χ2v) is 7.61. The fourth-order valence-electron chi connectivity index (χ4n) is 3.94. The molecule has 1 saturated heterocycles. The maximum atomic E-state index is 12.6. The summed E-state index contributed by atoms with van der Waals surface area (Å²) in [5.74, 6) is 2.38. The van der Waals surface area contributed by atoms with Gasteiger partial charge < -0.3 is 24.0 Å². The van der Waals surface area contributed by atoms with E-state index >= 15 is 0 Å². The van der Waals surface area contributed by atoms with E-state index in [0.717, 1.165) is 51.2 Å². The maximum absolute atomic E-state index is 12.6. The Labute approximate surface area is 168 Å². The average Bonchev–Trinajstić information content (AvgIpc) is 2.73. The average molecular weight is 389 g/mol. The van der Waals surface area contributed by atoms with E-state index in [4.69, 9.17) is 14.2 Å². The molecule has 1 amide bonds. The number of rotatable bonds is 7. The van der Waals surface area contributed by atoms with E-state index in [9.17, 15) is 4.79 Å². The predicted octanol–water partition coefficient (Wildman–Crippen LogP) is 2.69. The number of carbonyl (C=O) groups excluding carboxylic acids is 1. The van der Waals surface area contributed by atoms with E-state index in [1.807, 2.05) is 19.2 Å². The van der Waals surface area contributed by atoms with E-state index in [-0.39, 0.29) is 5.91 Å². The second kappa shape index (κ2) is 9.82. The van der Waals surface area contributed by atoms with Crippen LogP contribution in [0.1, 0.15) is 25.3 Å². The zero-order chi connectivity index (χ0) is 19.9. The van der Waals surface area contributed by atoms with Crippen LogP contribution in [0.4, 0.5) is 0 Å². The summed E-state index contributed by atoms with van der Waals surface area (Å²) in [7, 11) is 3.58. The van der Waals surface area contributed by atoms with Gasteiger partial charge in [0.05, 0.1) is 7.11 Å². The molecular formula is C22H32N2O4. The van der Waals surface area contributed by atoms with Gasteiger partial charge in [-0.1, -0.05) is 18.2 Å². The molecule has 6 nitrogen and oxygen atoms in total. The van der Waals surface area contributed by atoms with E-state index in [1.165, 1.54) is 5.56 Å². The Morgan fingerprint density at radius 1 is 1.21 bits per heavy atom. The van der Waals surface area contributed by atoms with Gasteiger partial charge in [0, 0.05) is 20.1 Å². The standard InChI is InChI=1S/C22H32N2O4/c1-17-21(28-15-14-27-17)22(25)23(2)16-18-8-11-24(12-9-18)13-10-19-6-4-5-7-20(19)26-3/h4-7,18H,8-16H2,1-3H3. The minimum Gasteiger partial charge on any atom is -0.496 e. The molecule has 1 fully saturated rings. The van der Waals surface area contributed by atoms with Crippen LogP contribution >= 0.6 is 0 Å². The van der Waals surface area contributed by atoms with Crippen LogP contribution in [0.25, 0.3) is 0 Å². The van der Waals surface area contributed by atoms with Crippen LogP contribution in [0.5, 0.6) is 5.75 Å². The lowest BCUT2D eigenvalue weighted by Crippen LogP contribution is -2.41. The van der Waals surface area contributed by atoms with E-state index in [0.29, 0.717) is 30.6 Å². The molecule has 0 atom stereocenters. The van der Waals surface area contributed by atoms with Crippen molar-refractivity contribution in [3.05, 3.63) is 41.3 Å². The van der Waals surface area contributed by atoms with E-state index in [1.54, 1.807) is 18.9 Å². The Hall–Kier alpha value is -2.21. The molecule has 28 heavy (non-hydrogen) atoms. The first-order valence-corrected chi connectivity index (χ1v) is 10.1. The summed E-state index contributed by atoms with van der Waals surface area (Å²) >= 11 is 0. The molecule has 0 N–H and O–H groups in total. The van der Waals surface area contributed by atoms with Crippen molar-refractivity contribution in [2.75, 3.05) is 53.6 Å². The van der Waals surface area contributed by atoms with Crippen LogP contribution in [-0.4, -0.2) is 69.3 Å². The van der Waals surface area contributed by atoms with Crippen LogP contribution in [0.3, 0.4) is 0 Å². The van der Waals surface area contributed by atoms with Gasteiger partial charge in [-0.05, 0) is 56.8 Å². The molecule has 2 heterocycles. The fourth-order valence-corrected chi connectivity index (χ4v) is 3.94. The number of likely N-dealkylation sites (N-methyl/N-ethyl adjacent to an activating group) is 1. The Balaban J connectivity index is 1.43. The molecule has 0 bridgehead atoms. The van der Waals surface area contributed by atoms with Gasteiger partial charge in [0.25, 0.3) is 5.91 Å². The topological polar surface area (TPSA) is 51.2 Å².